The van der Waals surface area contributed by atoms with Crippen molar-refractivity contribution in [2.75, 3.05) is 13.7 Å². The van der Waals surface area contributed by atoms with E-state index in [-0.39, 0.29) is 33.9 Å². The SMILES string of the molecule is COC(=O)CN1C(=O)N/C(=C/c2cc(Cl)c(OCc3cccc(F)c3)c(Cl)c2)C1=O. The number of carbonyl (C=O) groups is 3. The number of nitrogens with zero attached hydrogens (tertiary/aromatic N) is 1. The van der Waals surface area contributed by atoms with Crippen molar-refractivity contribution in [3.05, 3.63) is 69.1 Å². The molecule has 1 aliphatic heterocycles. The first kappa shape index (κ1) is 21.6. The Morgan fingerprint density at radius 3 is 2.53 bits per heavy atom. The summed E-state index contributed by atoms with van der Waals surface area (Å²) in [7, 11) is 1.15. The quantitative estimate of drug-likeness (QED) is 0.409. The molecule has 30 heavy (non-hydrogen) atoms. The molecule has 0 atom stereocenters. The maximum atomic E-state index is 13.3. The van der Waals surface area contributed by atoms with Crippen LogP contribution in [0.5, 0.6) is 5.75 Å². The Morgan fingerprint density at radius 2 is 1.90 bits per heavy atom. The van der Waals surface area contributed by atoms with Gasteiger partial charge in [0.25, 0.3) is 5.91 Å². The van der Waals surface area contributed by atoms with E-state index in [0.717, 1.165) is 12.0 Å². The molecule has 2 aromatic carbocycles. The van der Waals surface area contributed by atoms with E-state index in [9.17, 15) is 18.8 Å². The first-order valence-corrected chi connectivity index (χ1v) is 9.31. The molecule has 1 saturated heterocycles. The van der Waals surface area contributed by atoms with Crippen LogP contribution in [-0.2, 0) is 20.9 Å². The van der Waals surface area contributed by atoms with Crippen molar-refractivity contribution in [3.8, 4) is 5.75 Å². The summed E-state index contributed by atoms with van der Waals surface area (Å²) in [5.41, 5.74) is 0.967. The second-order valence-corrected chi connectivity index (χ2v) is 7.00. The van der Waals surface area contributed by atoms with Gasteiger partial charge in [-0.2, -0.15) is 0 Å². The second kappa shape index (κ2) is 9.15. The lowest BCUT2D eigenvalue weighted by atomic mass is 10.1. The number of esters is 1. The van der Waals surface area contributed by atoms with Gasteiger partial charge in [-0.3, -0.25) is 9.59 Å². The van der Waals surface area contributed by atoms with E-state index >= 15 is 0 Å². The highest BCUT2D eigenvalue weighted by atomic mass is 35.5. The number of carbonyl (C=O) groups excluding carboxylic acids is 3. The van der Waals surface area contributed by atoms with Crippen LogP contribution in [0.2, 0.25) is 10.0 Å². The van der Waals surface area contributed by atoms with Gasteiger partial charge in [-0.25, -0.2) is 14.1 Å². The summed E-state index contributed by atoms with van der Waals surface area (Å²) in [6, 6.07) is 8.13. The molecule has 0 bridgehead atoms. The number of halogens is 3. The summed E-state index contributed by atoms with van der Waals surface area (Å²) in [6.45, 7) is -0.457. The van der Waals surface area contributed by atoms with Gasteiger partial charge >= 0.3 is 12.0 Å². The first-order chi connectivity index (χ1) is 14.3. The predicted molar refractivity (Wildman–Crippen MR) is 107 cm³/mol. The van der Waals surface area contributed by atoms with Gasteiger partial charge in [-0.05, 0) is 41.5 Å². The monoisotopic (exact) mass is 452 g/mol. The Kier molecular flexibility index (Phi) is 6.59. The highest BCUT2D eigenvalue weighted by Crippen LogP contribution is 2.35. The van der Waals surface area contributed by atoms with E-state index in [1.807, 2.05) is 0 Å². The third-order valence-corrected chi connectivity index (χ3v) is 4.64. The van der Waals surface area contributed by atoms with Gasteiger partial charge in [0.2, 0.25) is 0 Å². The number of hydrogen-bond donors (Lipinski definition) is 1. The zero-order chi connectivity index (χ0) is 21.8. The Bertz CT molecular complexity index is 1030. The van der Waals surface area contributed by atoms with Gasteiger partial charge in [0.1, 0.15) is 24.7 Å². The molecule has 0 saturated carbocycles. The van der Waals surface area contributed by atoms with Crippen molar-refractivity contribution in [1.29, 1.82) is 0 Å². The third kappa shape index (κ3) is 4.90. The minimum atomic E-state index is -0.746. The Balaban J connectivity index is 1.77. The molecule has 7 nitrogen and oxygen atoms in total. The number of amides is 3. The zero-order valence-corrected chi connectivity index (χ0v) is 17.1. The number of nitrogens with one attached hydrogen (secondary N) is 1. The summed E-state index contributed by atoms with van der Waals surface area (Å²) in [6.07, 6.45) is 1.37. The van der Waals surface area contributed by atoms with Crippen LogP contribution in [-0.4, -0.2) is 36.5 Å². The zero-order valence-electron chi connectivity index (χ0n) is 15.6. The van der Waals surface area contributed by atoms with Crippen molar-refractivity contribution < 1.29 is 28.2 Å². The molecule has 0 radical (unpaired) electrons. The number of ether oxygens (including phenoxy) is 2. The summed E-state index contributed by atoms with van der Waals surface area (Å²) in [5, 5.41) is 2.70. The number of benzene rings is 2. The van der Waals surface area contributed by atoms with Crippen LogP contribution < -0.4 is 10.1 Å². The smallest absolute Gasteiger partial charge is 0.329 e. The van der Waals surface area contributed by atoms with Crippen molar-refractivity contribution in [2.24, 2.45) is 0 Å². The normalized spacial score (nSPS) is 14.8. The Hall–Kier alpha value is -3.10. The van der Waals surface area contributed by atoms with Gasteiger partial charge in [0.05, 0.1) is 17.2 Å². The molecule has 1 heterocycles. The van der Waals surface area contributed by atoms with Gasteiger partial charge in [0, 0.05) is 0 Å². The lowest BCUT2D eigenvalue weighted by molar-refractivity contribution is -0.143. The fourth-order valence-corrected chi connectivity index (χ4v) is 3.27. The van der Waals surface area contributed by atoms with Gasteiger partial charge in [0.15, 0.2) is 5.75 Å². The highest BCUT2D eigenvalue weighted by Gasteiger charge is 2.35. The standard InChI is InChI=1S/C20H15Cl2FN2O5/c1-29-17(26)9-25-19(27)16(24-20(25)28)8-12-6-14(21)18(15(22)7-12)30-10-11-3-2-4-13(23)5-11/h2-8H,9-10H2,1H3,(H,24,28)/b16-8+. The molecule has 156 valence electrons. The van der Waals surface area contributed by atoms with Crippen molar-refractivity contribution >= 4 is 47.2 Å². The second-order valence-electron chi connectivity index (χ2n) is 6.19. The maximum Gasteiger partial charge on any atom is 0.329 e. The van der Waals surface area contributed by atoms with E-state index in [1.165, 1.54) is 30.3 Å². The largest absolute Gasteiger partial charge is 0.486 e. The molecule has 0 aliphatic carbocycles. The lowest BCUT2D eigenvalue weighted by Crippen LogP contribution is -2.36. The molecule has 2 aromatic rings. The van der Waals surface area contributed by atoms with E-state index in [0.29, 0.717) is 11.1 Å². The molecule has 1 fully saturated rings. The van der Waals surface area contributed by atoms with Crippen LogP contribution in [0.1, 0.15) is 11.1 Å². The Morgan fingerprint density at radius 1 is 1.20 bits per heavy atom. The van der Waals surface area contributed by atoms with Crippen molar-refractivity contribution in [2.45, 2.75) is 6.61 Å². The van der Waals surface area contributed by atoms with Gasteiger partial charge in [-0.15, -0.1) is 0 Å². The Labute approximate surface area is 181 Å². The number of urea groups is 1. The van der Waals surface area contributed by atoms with Crippen LogP contribution in [0.25, 0.3) is 6.08 Å². The molecule has 0 unspecified atom stereocenters. The van der Waals surface area contributed by atoms with E-state index in [1.54, 1.807) is 12.1 Å². The molecule has 10 heteroatoms. The maximum absolute atomic E-state index is 13.3. The minimum Gasteiger partial charge on any atom is -0.486 e. The molecular formula is C20H15Cl2FN2O5. The topological polar surface area (TPSA) is 84.9 Å². The first-order valence-electron chi connectivity index (χ1n) is 8.56. The van der Waals surface area contributed by atoms with E-state index in [2.05, 4.69) is 10.1 Å². The number of methoxy groups -OCH3 is 1. The van der Waals surface area contributed by atoms with Gasteiger partial charge in [-0.1, -0.05) is 35.3 Å². The molecular weight excluding hydrogens is 438 g/mol. The summed E-state index contributed by atoms with van der Waals surface area (Å²) in [5.74, 6) is -1.62. The van der Waals surface area contributed by atoms with Gasteiger partial charge < -0.3 is 14.8 Å². The predicted octanol–water partition coefficient (Wildman–Crippen LogP) is 3.78. The number of hydrogen-bond acceptors (Lipinski definition) is 5. The average Bonchev–Trinajstić information content (AvgIpc) is 2.94. The highest BCUT2D eigenvalue weighted by molar-refractivity contribution is 6.37. The van der Waals surface area contributed by atoms with Crippen molar-refractivity contribution in [1.82, 2.24) is 10.2 Å². The summed E-state index contributed by atoms with van der Waals surface area (Å²) >= 11 is 12.5. The van der Waals surface area contributed by atoms with Crippen LogP contribution >= 0.6 is 23.2 Å². The van der Waals surface area contributed by atoms with E-state index < -0.39 is 24.5 Å². The number of imide groups is 1. The average molecular weight is 453 g/mol. The minimum absolute atomic E-state index is 0.0503. The third-order valence-electron chi connectivity index (χ3n) is 4.08. The summed E-state index contributed by atoms with van der Waals surface area (Å²) in [4.78, 5) is 36.3. The van der Waals surface area contributed by atoms with Crippen LogP contribution in [0, 0.1) is 5.82 Å². The fraction of sp³-hybridized carbons (Fsp3) is 0.150. The fourth-order valence-electron chi connectivity index (χ4n) is 2.66. The summed E-state index contributed by atoms with van der Waals surface area (Å²) < 4.78 is 23.3. The van der Waals surface area contributed by atoms with Crippen LogP contribution in [0.15, 0.2) is 42.1 Å². The van der Waals surface area contributed by atoms with Crippen molar-refractivity contribution in [3.63, 3.8) is 0 Å². The molecule has 1 aliphatic rings. The molecule has 1 N–H and O–H groups in total. The molecule has 0 spiro atoms. The van der Waals surface area contributed by atoms with Crippen LogP contribution in [0.3, 0.4) is 0 Å². The molecule has 3 amide bonds. The van der Waals surface area contributed by atoms with E-state index in [4.69, 9.17) is 27.9 Å². The number of rotatable bonds is 6. The lowest BCUT2D eigenvalue weighted by Gasteiger charge is -2.11. The molecule has 0 aromatic heterocycles. The van der Waals surface area contributed by atoms with Crippen LogP contribution in [0.4, 0.5) is 9.18 Å². The molecule has 3 rings (SSSR count).